The van der Waals surface area contributed by atoms with E-state index in [2.05, 4.69) is 15.7 Å². The van der Waals surface area contributed by atoms with Crippen LogP contribution in [0.3, 0.4) is 0 Å². The molecule has 1 aromatic heterocycles. The fourth-order valence-electron chi connectivity index (χ4n) is 1.46. The summed E-state index contributed by atoms with van der Waals surface area (Å²) in [6.45, 7) is 7.21. The maximum absolute atomic E-state index is 11.9. The van der Waals surface area contributed by atoms with Crippen molar-refractivity contribution in [2.24, 2.45) is 7.05 Å². The van der Waals surface area contributed by atoms with Crippen LogP contribution in [0.15, 0.2) is 6.20 Å². The Morgan fingerprint density at radius 2 is 2.11 bits per heavy atom. The van der Waals surface area contributed by atoms with E-state index < -0.39 is 11.0 Å². The number of hydrogen-bond acceptors (Lipinski definition) is 5. The van der Waals surface area contributed by atoms with Crippen molar-refractivity contribution in [1.29, 1.82) is 0 Å². The smallest absolute Gasteiger partial charge is 0.330 e. The number of anilines is 1. The van der Waals surface area contributed by atoms with Gasteiger partial charge in [-0.25, -0.2) is 0 Å². The third kappa shape index (κ3) is 4.23. The van der Waals surface area contributed by atoms with E-state index >= 15 is 0 Å². The molecule has 1 aromatic rings. The minimum absolute atomic E-state index is 0.0871. The summed E-state index contributed by atoms with van der Waals surface area (Å²) in [6, 6.07) is -0.618. The van der Waals surface area contributed by atoms with Crippen LogP contribution in [0.25, 0.3) is 0 Å². The molecule has 8 nitrogen and oxygen atoms in total. The number of nitrogens with one attached hydrogen (secondary N) is 2. The lowest BCUT2D eigenvalue weighted by Gasteiger charge is -2.23. The first-order valence-electron chi connectivity index (χ1n) is 5.87. The summed E-state index contributed by atoms with van der Waals surface area (Å²) in [5.41, 5.74) is -0.513. The lowest BCUT2D eigenvalue weighted by molar-refractivity contribution is -0.384. The van der Waals surface area contributed by atoms with Gasteiger partial charge >= 0.3 is 5.69 Å². The molecule has 0 bridgehead atoms. The average molecular weight is 269 g/mol. The van der Waals surface area contributed by atoms with Crippen LogP contribution in [0.1, 0.15) is 27.7 Å². The molecule has 0 fully saturated rings. The summed E-state index contributed by atoms with van der Waals surface area (Å²) in [5.74, 6) is -0.156. The highest BCUT2D eigenvalue weighted by Gasteiger charge is 2.24. The minimum Gasteiger partial charge on any atom is -0.351 e. The Morgan fingerprint density at radius 3 is 2.58 bits per heavy atom. The number of aromatic nitrogens is 2. The van der Waals surface area contributed by atoms with Crippen molar-refractivity contribution in [3.05, 3.63) is 16.3 Å². The summed E-state index contributed by atoms with van der Waals surface area (Å²) < 4.78 is 1.33. The third-order valence-corrected chi connectivity index (χ3v) is 2.25. The zero-order valence-corrected chi connectivity index (χ0v) is 11.7. The monoisotopic (exact) mass is 269 g/mol. The molecule has 0 saturated heterocycles. The van der Waals surface area contributed by atoms with E-state index in [4.69, 9.17) is 0 Å². The Labute approximate surface area is 111 Å². The molecule has 1 atom stereocenters. The van der Waals surface area contributed by atoms with Crippen LogP contribution >= 0.6 is 0 Å². The van der Waals surface area contributed by atoms with Crippen molar-refractivity contribution in [2.75, 3.05) is 5.32 Å². The highest BCUT2D eigenvalue weighted by Crippen LogP contribution is 2.22. The maximum atomic E-state index is 11.9. The second kappa shape index (κ2) is 5.25. The molecule has 106 valence electrons. The van der Waals surface area contributed by atoms with Gasteiger partial charge in [0, 0.05) is 12.6 Å². The number of hydrogen-bond donors (Lipinski definition) is 2. The number of amides is 1. The maximum Gasteiger partial charge on any atom is 0.330 e. The van der Waals surface area contributed by atoms with E-state index in [0.717, 1.165) is 0 Å². The van der Waals surface area contributed by atoms with E-state index in [-0.39, 0.29) is 23.0 Å². The Hall–Kier alpha value is -2.12. The summed E-state index contributed by atoms with van der Waals surface area (Å²) in [5, 5.41) is 20.3. The molecule has 0 aliphatic heterocycles. The number of nitrogens with zero attached hydrogens (tertiary/aromatic N) is 3. The van der Waals surface area contributed by atoms with Crippen LogP contribution in [0.5, 0.6) is 0 Å². The standard InChI is InChI=1S/C11H19N5O3/c1-7(10(17)13-11(2,3)4)12-9-8(16(18)19)6-15(5)14-9/h6-7H,1-5H3,(H,12,14)(H,13,17). The van der Waals surface area contributed by atoms with Gasteiger partial charge in [-0.15, -0.1) is 5.10 Å². The number of aryl methyl sites for hydroxylation is 1. The van der Waals surface area contributed by atoms with Gasteiger partial charge in [-0.05, 0) is 27.7 Å². The fraction of sp³-hybridized carbons (Fsp3) is 0.636. The molecule has 1 unspecified atom stereocenters. The van der Waals surface area contributed by atoms with Crippen LogP contribution in [-0.2, 0) is 11.8 Å². The van der Waals surface area contributed by atoms with Crippen molar-refractivity contribution in [3.63, 3.8) is 0 Å². The zero-order chi connectivity index (χ0) is 14.8. The lowest BCUT2D eigenvalue weighted by atomic mass is 10.1. The van der Waals surface area contributed by atoms with Crippen LogP contribution in [0, 0.1) is 10.1 Å². The van der Waals surface area contributed by atoms with Crippen LogP contribution in [0.4, 0.5) is 11.5 Å². The van der Waals surface area contributed by atoms with Crippen LogP contribution < -0.4 is 10.6 Å². The summed E-state index contributed by atoms with van der Waals surface area (Å²) >= 11 is 0. The second-order valence-corrected chi connectivity index (χ2v) is 5.40. The highest BCUT2D eigenvalue weighted by molar-refractivity contribution is 5.85. The Balaban J connectivity index is 2.79. The number of carbonyl (C=O) groups excluding carboxylic acids is 1. The highest BCUT2D eigenvalue weighted by atomic mass is 16.6. The Bertz CT molecular complexity index is 489. The molecular weight excluding hydrogens is 250 g/mol. The van der Waals surface area contributed by atoms with Gasteiger partial charge in [0.2, 0.25) is 11.7 Å². The molecule has 0 aliphatic rings. The topological polar surface area (TPSA) is 102 Å². The molecule has 1 rings (SSSR count). The average Bonchev–Trinajstić information content (AvgIpc) is 2.56. The van der Waals surface area contributed by atoms with E-state index in [0.29, 0.717) is 0 Å². The molecule has 2 N–H and O–H groups in total. The number of carbonyl (C=O) groups is 1. The normalized spacial score (nSPS) is 12.9. The fourth-order valence-corrected chi connectivity index (χ4v) is 1.46. The van der Waals surface area contributed by atoms with E-state index in [1.54, 1.807) is 14.0 Å². The zero-order valence-electron chi connectivity index (χ0n) is 11.7. The van der Waals surface area contributed by atoms with Gasteiger partial charge in [0.1, 0.15) is 12.2 Å². The van der Waals surface area contributed by atoms with Crippen molar-refractivity contribution in [2.45, 2.75) is 39.3 Å². The number of nitro groups is 1. The van der Waals surface area contributed by atoms with Gasteiger partial charge in [-0.3, -0.25) is 19.6 Å². The number of rotatable bonds is 4. The van der Waals surface area contributed by atoms with Crippen molar-refractivity contribution in [3.8, 4) is 0 Å². The van der Waals surface area contributed by atoms with Crippen molar-refractivity contribution < 1.29 is 9.72 Å². The SMILES string of the molecule is CC(Nc1nn(C)cc1[N+](=O)[O-])C(=O)NC(C)(C)C. The molecule has 19 heavy (non-hydrogen) atoms. The molecule has 0 aromatic carbocycles. The minimum atomic E-state index is -0.618. The molecule has 0 saturated carbocycles. The van der Waals surface area contributed by atoms with Crippen LogP contribution in [-0.4, -0.2) is 32.2 Å². The summed E-state index contributed by atoms with van der Waals surface area (Å²) in [4.78, 5) is 22.2. The van der Waals surface area contributed by atoms with Crippen molar-refractivity contribution >= 4 is 17.4 Å². The molecule has 8 heteroatoms. The second-order valence-electron chi connectivity index (χ2n) is 5.40. The molecule has 0 spiro atoms. The molecule has 1 amide bonds. The lowest BCUT2D eigenvalue weighted by Crippen LogP contribution is -2.47. The van der Waals surface area contributed by atoms with Gasteiger partial charge in [0.15, 0.2) is 0 Å². The van der Waals surface area contributed by atoms with Gasteiger partial charge in [-0.2, -0.15) is 0 Å². The summed E-state index contributed by atoms with van der Waals surface area (Å²) in [7, 11) is 1.58. The van der Waals surface area contributed by atoms with Gasteiger partial charge in [0.05, 0.1) is 4.92 Å². The quantitative estimate of drug-likeness (QED) is 0.628. The van der Waals surface area contributed by atoms with Gasteiger partial charge in [0.25, 0.3) is 0 Å². The van der Waals surface area contributed by atoms with Gasteiger partial charge < -0.3 is 10.6 Å². The van der Waals surface area contributed by atoms with E-state index in [1.165, 1.54) is 10.9 Å². The predicted octanol–water partition coefficient (Wildman–Crippen LogP) is 1.04. The van der Waals surface area contributed by atoms with E-state index in [9.17, 15) is 14.9 Å². The molecule has 0 radical (unpaired) electrons. The largest absolute Gasteiger partial charge is 0.351 e. The predicted molar refractivity (Wildman–Crippen MR) is 70.8 cm³/mol. The molecule has 1 heterocycles. The first-order valence-corrected chi connectivity index (χ1v) is 5.87. The van der Waals surface area contributed by atoms with Gasteiger partial charge in [-0.1, -0.05) is 0 Å². The van der Waals surface area contributed by atoms with Crippen molar-refractivity contribution in [1.82, 2.24) is 15.1 Å². The first kappa shape index (κ1) is 14.9. The third-order valence-electron chi connectivity index (χ3n) is 2.25. The first-order chi connectivity index (χ1) is 8.60. The van der Waals surface area contributed by atoms with Crippen LogP contribution in [0.2, 0.25) is 0 Å². The Morgan fingerprint density at radius 1 is 1.53 bits per heavy atom. The summed E-state index contributed by atoms with van der Waals surface area (Å²) in [6.07, 6.45) is 1.29. The molecular formula is C11H19N5O3. The van der Waals surface area contributed by atoms with E-state index in [1.807, 2.05) is 20.8 Å². The Kier molecular flexibility index (Phi) is 4.13. The molecule has 0 aliphatic carbocycles.